The maximum atomic E-state index is 13.1. The molecule has 1 aromatic carbocycles. The van der Waals surface area contributed by atoms with Gasteiger partial charge in [-0.1, -0.05) is 31.2 Å². The number of carbonyl (C=O) groups is 1. The van der Waals surface area contributed by atoms with E-state index in [2.05, 4.69) is 6.92 Å². The molecule has 1 aromatic rings. The summed E-state index contributed by atoms with van der Waals surface area (Å²) in [6, 6.07) is 6.81. The number of nitrogens with two attached hydrogens (primary N) is 1. The number of benzene rings is 1. The van der Waals surface area contributed by atoms with E-state index >= 15 is 0 Å². The SMILES string of the molecule is CC1CCCN(S(=O)(=O)N2Cc3ccccc3C[C@@H]2C(N)=O)C1. The Kier molecular flexibility index (Phi) is 4.44. The van der Waals surface area contributed by atoms with Gasteiger partial charge in [-0.05, 0) is 36.3 Å². The van der Waals surface area contributed by atoms with Crippen molar-refractivity contribution in [2.24, 2.45) is 11.7 Å². The summed E-state index contributed by atoms with van der Waals surface area (Å²) < 4.78 is 28.9. The second-order valence-corrected chi connectivity index (χ2v) is 8.43. The summed E-state index contributed by atoms with van der Waals surface area (Å²) in [5.74, 6) is -0.254. The molecule has 3 rings (SSSR count). The number of primary amides is 1. The first kappa shape index (κ1) is 16.4. The van der Waals surface area contributed by atoms with Gasteiger partial charge in [0, 0.05) is 19.6 Å². The Bertz CT molecular complexity index is 704. The van der Waals surface area contributed by atoms with Gasteiger partial charge in [0.25, 0.3) is 10.2 Å². The maximum Gasteiger partial charge on any atom is 0.283 e. The zero-order chi connectivity index (χ0) is 16.6. The molecule has 0 saturated carbocycles. The van der Waals surface area contributed by atoms with E-state index < -0.39 is 22.2 Å². The van der Waals surface area contributed by atoms with Gasteiger partial charge in [0.2, 0.25) is 5.91 Å². The van der Waals surface area contributed by atoms with Crippen LogP contribution < -0.4 is 5.73 Å². The Morgan fingerprint density at radius 1 is 1.26 bits per heavy atom. The van der Waals surface area contributed by atoms with Gasteiger partial charge in [0.15, 0.2) is 0 Å². The van der Waals surface area contributed by atoms with Crippen molar-refractivity contribution >= 4 is 16.1 Å². The third-order valence-electron chi connectivity index (χ3n) is 4.78. The number of piperidine rings is 1. The van der Waals surface area contributed by atoms with Crippen LogP contribution in [0.25, 0.3) is 0 Å². The minimum atomic E-state index is -3.69. The summed E-state index contributed by atoms with van der Waals surface area (Å²) in [7, 11) is -3.69. The van der Waals surface area contributed by atoms with Gasteiger partial charge < -0.3 is 5.73 Å². The fourth-order valence-corrected chi connectivity index (χ4v) is 5.39. The van der Waals surface area contributed by atoms with Gasteiger partial charge in [-0.2, -0.15) is 17.0 Å². The summed E-state index contributed by atoms with van der Waals surface area (Å²) in [5, 5.41) is 0. The molecule has 0 aliphatic carbocycles. The van der Waals surface area contributed by atoms with Gasteiger partial charge in [-0.3, -0.25) is 4.79 Å². The minimum Gasteiger partial charge on any atom is -0.368 e. The third-order valence-corrected chi connectivity index (χ3v) is 6.74. The number of hydrogen-bond acceptors (Lipinski definition) is 3. The summed E-state index contributed by atoms with van der Waals surface area (Å²) in [6.07, 6.45) is 2.23. The van der Waals surface area contributed by atoms with E-state index in [1.807, 2.05) is 24.3 Å². The van der Waals surface area contributed by atoms with Crippen molar-refractivity contribution in [3.63, 3.8) is 0 Å². The molecule has 2 aliphatic rings. The lowest BCUT2D eigenvalue weighted by atomic mass is 9.96. The van der Waals surface area contributed by atoms with Crippen LogP contribution in [0.2, 0.25) is 0 Å². The molecule has 0 bridgehead atoms. The monoisotopic (exact) mass is 337 g/mol. The molecule has 0 aromatic heterocycles. The number of amides is 1. The predicted octanol–water partition coefficient (Wildman–Crippen LogP) is 0.875. The fraction of sp³-hybridized carbons (Fsp3) is 0.562. The highest BCUT2D eigenvalue weighted by Crippen LogP contribution is 2.29. The van der Waals surface area contributed by atoms with Crippen LogP contribution in [0.1, 0.15) is 30.9 Å². The predicted molar refractivity (Wildman–Crippen MR) is 87.6 cm³/mol. The molecule has 2 heterocycles. The quantitative estimate of drug-likeness (QED) is 0.888. The number of fused-ring (bicyclic) bond motifs is 1. The summed E-state index contributed by atoms with van der Waals surface area (Å²) in [6.45, 7) is 3.28. The van der Waals surface area contributed by atoms with Crippen molar-refractivity contribution in [1.82, 2.24) is 8.61 Å². The molecule has 1 fully saturated rings. The van der Waals surface area contributed by atoms with E-state index in [-0.39, 0.29) is 6.54 Å². The Morgan fingerprint density at radius 3 is 2.61 bits per heavy atom. The van der Waals surface area contributed by atoms with E-state index in [1.165, 1.54) is 8.61 Å². The fourth-order valence-electron chi connectivity index (χ4n) is 3.49. The molecular weight excluding hydrogens is 314 g/mol. The molecule has 0 radical (unpaired) electrons. The van der Waals surface area contributed by atoms with Crippen LogP contribution in [-0.2, 0) is 28.0 Å². The number of rotatable bonds is 3. The largest absolute Gasteiger partial charge is 0.368 e. The van der Waals surface area contributed by atoms with Gasteiger partial charge in [0.1, 0.15) is 6.04 Å². The number of carbonyl (C=O) groups excluding carboxylic acids is 1. The number of nitrogens with zero attached hydrogens (tertiary/aromatic N) is 2. The van der Waals surface area contributed by atoms with Crippen LogP contribution in [-0.4, -0.2) is 42.1 Å². The van der Waals surface area contributed by atoms with E-state index in [1.54, 1.807) is 0 Å². The summed E-state index contributed by atoms with van der Waals surface area (Å²) in [5.41, 5.74) is 7.44. The van der Waals surface area contributed by atoms with Gasteiger partial charge in [-0.25, -0.2) is 0 Å². The first-order chi connectivity index (χ1) is 10.9. The number of hydrogen-bond donors (Lipinski definition) is 1. The lowest BCUT2D eigenvalue weighted by molar-refractivity contribution is -0.122. The summed E-state index contributed by atoms with van der Waals surface area (Å²) in [4.78, 5) is 11.9. The van der Waals surface area contributed by atoms with Crippen LogP contribution in [0.3, 0.4) is 0 Å². The highest BCUT2D eigenvalue weighted by molar-refractivity contribution is 7.86. The zero-order valence-corrected chi connectivity index (χ0v) is 14.1. The van der Waals surface area contributed by atoms with Gasteiger partial charge in [-0.15, -0.1) is 0 Å². The zero-order valence-electron chi connectivity index (χ0n) is 13.3. The molecule has 1 saturated heterocycles. The topological polar surface area (TPSA) is 83.7 Å². The van der Waals surface area contributed by atoms with Gasteiger partial charge in [0.05, 0.1) is 0 Å². The Hall–Kier alpha value is -1.44. The van der Waals surface area contributed by atoms with Crippen LogP contribution in [0, 0.1) is 5.92 Å². The lowest BCUT2D eigenvalue weighted by Gasteiger charge is -2.39. The van der Waals surface area contributed by atoms with E-state index in [0.717, 1.165) is 24.0 Å². The molecule has 2 atom stereocenters. The molecule has 126 valence electrons. The maximum absolute atomic E-state index is 13.1. The molecule has 1 amide bonds. The molecule has 1 unspecified atom stereocenters. The third kappa shape index (κ3) is 3.13. The van der Waals surface area contributed by atoms with Crippen LogP contribution in [0.4, 0.5) is 0 Å². The Morgan fingerprint density at radius 2 is 1.96 bits per heavy atom. The Balaban J connectivity index is 1.94. The molecule has 2 aliphatic heterocycles. The van der Waals surface area contributed by atoms with Crippen molar-refractivity contribution in [2.45, 2.75) is 38.8 Å². The molecule has 2 N–H and O–H groups in total. The van der Waals surface area contributed by atoms with E-state index in [9.17, 15) is 13.2 Å². The highest BCUT2D eigenvalue weighted by atomic mass is 32.2. The highest BCUT2D eigenvalue weighted by Gasteiger charge is 2.41. The van der Waals surface area contributed by atoms with E-state index in [4.69, 9.17) is 5.73 Å². The average molecular weight is 337 g/mol. The Labute approximate surface area is 137 Å². The van der Waals surface area contributed by atoms with E-state index in [0.29, 0.717) is 25.4 Å². The van der Waals surface area contributed by atoms with Crippen molar-refractivity contribution < 1.29 is 13.2 Å². The lowest BCUT2D eigenvalue weighted by Crippen LogP contribution is -2.56. The molecule has 7 heteroatoms. The molecule has 23 heavy (non-hydrogen) atoms. The van der Waals surface area contributed by atoms with Crippen molar-refractivity contribution in [1.29, 1.82) is 0 Å². The first-order valence-electron chi connectivity index (χ1n) is 8.02. The molecular formula is C16H23N3O3S. The van der Waals surface area contributed by atoms with Crippen LogP contribution in [0.15, 0.2) is 24.3 Å². The van der Waals surface area contributed by atoms with Crippen LogP contribution in [0.5, 0.6) is 0 Å². The minimum absolute atomic E-state index is 0.205. The molecule has 0 spiro atoms. The molecule has 6 nitrogen and oxygen atoms in total. The van der Waals surface area contributed by atoms with Crippen molar-refractivity contribution in [3.8, 4) is 0 Å². The average Bonchev–Trinajstić information content (AvgIpc) is 2.53. The van der Waals surface area contributed by atoms with Crippen LogP contribution >= 0.6 is 0 Å². The van der Waals surface area contributed by atoms with Crippen molar-refractivity contribution in [2.75, 3.05) is 13.1 Å². The van der Waals surface area contributed by atoms with Gasteiger partial charge >= 0.3 is 0 Å². The van der Waals surface area contributed by atoms with Crippen molar-refractivity contribution in [3.05, 3.63) is 35.4 Å². The second-order valence-electron chi connectivity index (χ2n) is 6.55. The smallest absolute Gasteiger partial charge is 0.283 e. The summed E-state index contributed by atoms with van der Waals surface area (Å²) >= 11 is 0. The normalized spacial score (nSPS) is 26.7. The standard InChI is InChI=1S/C16H23N3O3S/c1-12-5-4-8-18(10-12)23(21,22)19-11-14-7-3-2-6-13(14)9-15(19)16(17)20/h2-3,6-7,12,15H,4-5,8-11H2,1H3,(H2,17,20)/t12?,15-/m1/s1. The first-order valence-corrected chi connectivity index (χ1v) is 9.42. The second kappa shape index (κ2) is 6.22.